The lowest BCUT2D eigenvalue weighted by Gasteiger charge is -2.26. The summed E-state index contributed by atoms with van der Waals surface area (Å²) in [7, 11) is 0. The van der Waals surface area contributed by atoms with E-state index in [1.165, 1.54) is 12.1 Å². The van der Waals surface area contributed by atoms with Crippen LogP contribution in [-0.4, -0.2) is 34.6 Å². The molecule has 1 amide bonds. The number of pyridine rings is 1. The molecule has 0 atom stereocenters. The first kappa shape index (κ1) is 20.9. The highest BCUT2D eigenvalue weighted by molar-refractivity contribution is 6.09. The Hall–Kier alpha value is -2.93. The molecule has 4 N–H and O–H groups in total. The fourth-order valence-corrected chi connectivity index (χ4v) is 4.56. The van der Waals surface area contributed by atoms with Crippen LogP contribution in [0.25, 0.3) is 22.2 Å². The van der Waals surface area contributed by atoms with Crippen LogP contribution in [0.4, 0.5) is 4.39 Å². The van der Waals surface area contributed by atoms with E-state index in [-0.39, 0.29) is 23.8 Å². The molecule has 2 fully saturated rings. The van der Waals surface area contributed by atoms with Crippen LogP contribution in [0.3, 0.4) is 0 Å². The molecule has 6 nitrogen and oxygen atoms in total. The molecule has 168 valence electrons. The first-order chi connectivity index (χ1) is 15.5. The maximum absolute atomic E-state index is 14.0. The molecule has 2 heterocycles. The third-order valence-corrected chi connectivity index (χ3v) is 6.61. The Balaban J connectivity index is 1.48. The number of carbonyl (C=O) groups excluding carboxylic acids is 1. The number of fused-ring (bicyclic) bond motifs is 1. The van der Waals surface area contributed by atoms with Crippen molar-refractivity contribution in [2.45, 2.75) is 57.5 Å². The normalized spacial score (nSPS) is 21.0. The predicted molar refractivity (Wildman–Crippen MR) is 122 cm³/mol. The second-order valence-electron chi connectivity index (χ2n) is 9.19. The molecule has 0 saturated heterocycles. The third-order valence-electron chi connectivity index (χ3n) is 6.61. The number of halogens is 1. The van der Waals surface area contributed by atoms with Crippen LogP contribution < -0.4 is 15.8 Å². The minimum absolute atomic E-state index is 0.122. The van der Waals surface area contributed by atoms with E-state index >= 15 is 0 Å². The number of ether oxygens (including phenoxy) is 1. The number of amides is 1. The Bertz CT molecular complexity index is 1150. The summed E-state index contributed by atoms with van der Waals surface area (Å²) in [5.74, 6) is 0.616. The van der Waals surface area contributed by atoms with E-state index in [0.29, 0.717) is 29.4 Å². The predicted octanol–water partition coefficient (Wildman–Crippen LogP) is 4.47. The molecular formula is C25H29FN4O2. The largest absolute Gasteiger partial charge is 0.493 e. The minimum Gasteiger partial charge on any atom is -0.493 e. The molecule has 1 aromatic carbocycles. The van der Waals surface area contributed by atoms with Crippen LogP contribution in [0.2, 0.25) is 0 Å². The Labute approximate surface area is 186 Å². The lowest BCUT2D eigenvalue weighted by atomic mass is 9.91. The summed E-state index contributed by atoms with van der Waals surface area (Å²) < 4.78 is 20.0. The van der Waals surface area contributed by atoms with Gasteiger partial charge in [0.2, 0.25) is 0 Å². The van der Waals surface area contributed by atoms with Crippen molar-refractivity contribution in [1.82, 2.24) is 15.3 Å². The van der Waals surface area contributed by atoms with E-state index in [1.807, 2.05) is 13.0 Å². The first-order valence-corrected chi connectivity index (χ1v) is 11.5. The first-order valence-electron chi connectivity index (χ1n) is 11.5. The van der Waals surface area contributed by atoms with Gasteiger partial charge in [-0.2, -0.15) is 0 Å². The number of nitrogens with one attached hydrogen (secondary N) is 2. The molecule has 2 aliphatic carbocycles. The number of nitrogens with zero attached hydrogens (tertiary/aromatic N) is 1. The fraction of sp³-hybridized carbons (Fsp3) is 0.440. The van der Waals surface area contributed by atoms with E-state index in [2.05, 4.69) is 15.3 Å². The summed E-state index contributed by atoms with van der Waals surface area (Å²) in [4.78, 5) is 21.0. The molecule has 0 unspecified atom stereocenters. The summed E-state index contributed by atoms with van der Waals surface area (Å²) in [5, 5.41) is 3.16. The van der Waals surface area contributed by atoms with E-state index in [4.69, 9.17) is 10.5 Å². The number of rotatable bonds is 6. The Morgan fingerprint density at radius 1 is 1.19 bits per heavy atom. The molecule has 2 aliphatic rings. The molecule has 0 spiro atoms. The smallest absolute Gasteiger partial charge is 0.255 e. The van der Waals surface area contributed by atoms with E-state index < -0.39 is 0 Å². The Morgan fingerprint density at radius 2 is 1.97 bits per heavy atom. The summed E-state index contributed by atoms with van der Waals surface area (Å²) >= 11 is 0. The topological polar surface area (TPSA) is 93.0 Å². The summed E-state index contributed by atoms with van der Waals surface area (Å²) in [5.41, 5.74) is 10.3. The van der Waals surface area contributed by atoms with Crippen molar-refractivity contribution < 1.29 is 13.9 Å². The van der Waals surface area contributed by atoms with Crippen LogP contribution in [0, 0.1) is 18.7 Å². The number of H-pyrrole nitrogens is 1. The fourth-order valence-electron chi connectivity index (χ4n) is 4.56. The molecule has 32 heavy (non-hydrogen) atoms. The zero-order valence-corrected chi connectivity index (χ0v) is 18.3. The van der Waals surface area contributed by atoms with Crippen molar-refractivity contribution >= 4 is 16.9 Å². The van der Waals surface area contributed by atoms with Crippen molar-refractivity contribution in [1.29, 1.82) is 0 Å². The molecular weight excluding hydrogens is 407 g/mol. The monoisotopic (exact) mass is 436 g/mol. The van der Waals surface area contributed by atoms with Crippen molar-refractivity contribution in [3.05, 3.63) is 47.5 Å². The summed E-state index contributed by atoms with van der Waals surface area (Å²) in [6.07, 6.45) is 7.64. The molecule has 0 radical (unpaired) electrons. The van der Waals surface area contributed by atoms with Gasteiger partial charge in [-0.25, -0.2) is 4.39 Å². The Kier molecular flexibility index (Phi) is 5.59. The molecule has 0 bridgehead atoms. The van der Waals surface area contributed by atoms with Crippen LogP contribution in [0.15, 0.2) is 30.5 Å². The molecule has 2 aromatic heterocycles. The molecule has 5 rings (SSSR count). The molecule has 3 aromatic rings. The number of hydrogen-bond donors (Lipinski definition) is 3. The zero-order valence-electron chi connectivity index (χ0n) is 18.3. The van der Waals surface area contributed by atoms with Gasteiger partial charge in [-0.05, 0) is 69.6 Å². The SMILES string of the molecule is Cc1[nH]c2c(-c3ccc(F)cc3OCC3CC3)ccnc2c1C(=O)N[C@H]1CC[C@H](N)CC1. The van der Waals surface area contributed by atoms with Gasteiger partial charge >= 0.3 is 0 Å². The number of aryl methyl sites for hydroxylation is 1. The van der Waals surface area contributed by atoms with E-state index in [0.717, 1.165) is 60.9 Å². The van der Waals surface area contributed by atoms with Gasteiger partial charge < -0.3 is 20.8 Å². The lowest BCUT2D eigenvalue weighted by molar-refractivity contribution is 0.0927. The number of carbonyl (C=O) groups is 1. The quantitative estimate of drug-likeness (QED) is 0.532. The molecule has 7 heteroatoms. The summed E-state index contributed by atoms with van der Waals surface area (Å²) in [6, 6.07) is 6.83. The summed E-state index contributed by atoms with van der Waals surface area (Å²) in [6.45, 7) is 2.47. The van der Waals surface area contributed by atoms with Crippen molar-refractivity contribution in [2.75, 3.05) is 6.61 Å². The van der Waals surface area contributed by atoms with E-state index in [9.17, 15) is 9.18 Å². The van der Waals surface area contributed by atoms with Crippen molar-refractivity contribution in [3.8, 4) is 16.9 Å². The number of aromatic nitrogens is 2. The number of hydrogen-bond acceptors (Lipinski definition) is 4. The highest BCUT2D eigenvalue weighted by atomic mass is 19.1. The lowest BCUT2D eigenvalue weighted by Crippen LogP contribution is -2.40. The van der Waals surface area contributed by atoms with E-state index in [1.54, 1.807) is 12.3 Å². The van der Waals surface area contributed by atoms with Gasteiger partial charge in [-0.1, -0.05) is 0 Å². The van der Waals surface area contributed by atoms with Crippen molar-refractivity contribution in [2.24, 2.45) is 11.7 Å². The average Bonchev–Trinajstić information content (AvgIpc) is 3.54. The second kappa shape index (κ2) is 8.54. The third kappa shape index (κ3) is 4.21. The van der Waals surface area contributed by atoms with Gasteiger partial charge in [-0.15, -0.1) is 0 Å². The van der Waals surface area contributed by atoms with Crippen LogP contribution in [0.5, 0.6) is 5.75 Å². The van der Waals surface area contributed by atoms with Gasteiger partial charge in [0.25, 0.3) is 5.91 Å². The van der Waals surface area contributed by atoms with Crippen LogP contribution >= 0.6 is 0 Å². The van der Waals surface area contributed by atoms with Gasteiger partial charge in [0.1, 0.15) is 17.1 Å². The maximum atomic E-state index is 14.0. The van der Waals surface area contributed by atoms with Gasteiger partial charge in [0.05, 0.1) is 17.7 Å². The number of nitrogens with two attached hydrogens (primary N) is 1. The minimum atomic E-state index is -0.334. The highest BCUT2D eigenvalue weighted by Gasteiger charge is 2.26. The number of benzene rings is 1. The molecule has 0 aliphatic heterocycles. The van der Waals surface area contributed by atoms with Gasteiger partial charge in [0.15, 0.2) is 0 Å². The standard InChI is InChI=1S/C25H29FN4O2/c1-14-22(25(31)30-18-7-5-17(27)6-8-18)24-23(29-14)20(10-11-28-24)19-9-4-16(26)12-21(19)32-13-15-2-3-15/h4,9-12,15,17-18,29H,2-3,5-8,13,27H2,1H3,(H,30,31)/t17-,18-. The zero-order chi connectivity index (χ0) is 22.2. The van der Waals surface area contributed by atoms with Crippen LogP contribution in [-0.2, 0) is 0 Å². The highest BCUT2D eigenvalue weighted by Crippen LogP contribution is 2.38. The van der Waals surface area contributed by atoms with Crippen molar-refractivity contribution in [3.63, 3.8) is 0 Å². The number of aromatic amines is 1. The Morgan fingerprint density at radius 3 is 2.72 bits per heavy atom. The second-order valence-corrected chi connectivity index (χ2v) is 9.19. The van der Waals surface area contributed by atoms with Gasteiger partial charge in [0, 0.05) is 41.2 Å². The average molecular weight is 437 g/mol. The maximum Gasteiger partial charge on any atom is 0.255 e. The molecule has 2 saturated carbocycles. The van der Waals surface area contributed by atoms with Gasteiger partial charge in [-0.3, -0.25) is 9.78 Å². The van der Waals surface area contributed by atoms with Crippen LogP contribution in [0.1, 0.15) is 54.6 Å².